The number of benzene rings is 3. The van der Waals surface area contributed by atoms with Crippen LogP contribution in [0.5, 0.6) is 11.5 Å². The number of hydrogen-bond acceptors (Lipinski definition) is 4. The molecule has 0 aliphatic heterocycles. The highest BCUT2D eigenvalue weighted by molar-refractivity contribution is 5.86. The van der Waals surface area contributed by atoms with E-state index in [1.165, 1.54) is 0 Å². The van der Waals surface area contributed by atoms with Crippen molar-refractivity contribution in [1.82, 2.24) is 0 Å². The van der Waals surface area contributed by atoms with Gasteiger partial charge in [0.05, 0.1) is 27.4 Å². The summed E-state index contributed by atoms with van der Waals surface area (Å²) in [6.07, 6.45) is 0. The Hall–Kier alpha value is -2.82. The van der Waals surface area contributed by atoms with E-state index in [0.717, 1.165) is 39.3 Å². The quantitative estimate of drug-likeness (QED) is 0.598. The maximum absolute atomic E-state index is 5.73. The lowest BCUT2D eigenvalue weighted by Crippen LogP contribution is -2.08. The highest BCUT2D eigenvalue weighted by Gasteiger charge is 2.13. The van der Waals surface area contributed by atoms with Crippen LogP contribution in [-0.2, 0) is 11.3 Å². The summed E-state index contributed by atoms with van der Waals surface area (Å²) in [6.45, 7) is 1.56. The van der Waals surface area contributed by atoms with Crippen molar-refractivity contribution < 1.29 is 14.2 Å². The molecule has 3 rings (SSSR count). The van der Waals surface area contributed by atoms with Gasteiger partial charge in [0.2, 0.25) is 0 Å². The Kier molecular flexibility index (Phi) is 6.47. The maximum atomic E-state index is 5.73. The van der Waals surface area contributed by atoms with Crippen LogP contribution in [0.25, 0.3) is 22.3 Å². The van der Waals surface area contributed by atoms with Crippen molar-refractivity contribution in [2.75, 3.05) is 27.4 Å². The molecule has 0 unspecified atom stereocenters. The SMILES string of the molecule is COc1ccc(-c2cccc(COCCN)c2-c2ccc(OC)cc2)cc1. The third-order valence-corrected chi connectivity index (χ3v) is 4.45. The lowest BCUT2D eigenvalue weighted by Gasteiger charge is -2.16. The van der Waals surface area contributed by atoms with E-state index >= 15 is 0 Å². The van der Waals surface area contributed by atoms with Crippen LogP contribution >= 0.6 is 0 Å². The van der Waals surface area contributed by atoms with Gasteiger partial charge in [-0.3, -0.25) is 0 Å². The Balaban J connectivity index is 2.08. The Morgan fingerprint density at radius 1 is 0.741 bits per heavy atom. The number of methoxy groups -OCH3 is 2. The third-order valence-electron chi connectivity index (χ3n) is 4.45. The van der Waals surface area contributed by atoms with Gasteiger partial charge in [-0.2, -0.15) is 0 Å². The second-order valence-corrected chi connectivity index (χ2v) is 6.14. The summed E-state index contributed by atoms with van der Waals surface area (Å²) in [5, 5.41) is 0. The summed E-state index contributed by atoms with van der Waals surface area (Å²) >= 11 is 0. The molecule has 0 saturated heterocycles. The first-order chi connectivity index (χ1) is 13.3. The first kappa shape index (κ1) is 19.0. The van der Waals surface area contributed by atoms with Gasteiger partial charge >= 0.3 is 0 Å². The largest absolute Gasteiger partial charge is 0.497 e. The van der Waals surface area contributed by atoms with Gasteiger partial charge < -0.3 is 19.9 Å². The number of hydrogen-bond donors (Lipinski definition) is 1. The highest BCUT2D eigenvalue weighted by atomic mass is 16.5. The average molecular weight is 363 g/mol. The van der Waals surface area contributed by atoms with Crippen molar-refractivity contribution in [3.05, 3.63) is 72.3 Å². The minimum atomic E-state index is 0.510. The van der Waals surface area contributed by atoms with Gasteiger partial charge in [0.15, 0.2) is 0 Å². The van der Waals surface area contributed by atoms with Gasteiger partial charge in [0, 0.05) is 6.54 Å². The molecule has 0 radical (unpaired) electrons. The number of ether oxygens (including phenoxy) is 3. The van der Waals surface area contributed by atoms with E-state index in [2.05, 4.69) is 42.5 Å². The van der Waals surface area contributed by atoms with E-state index in [9.17, 15) is 0 Å². The minimum Gasteiger partial charge on any atom is -0.497 e. The van der Waals surface area contributed by atoms with Crippen molar-refractivity contribution in [3.8, 4) is 33.8 Å². The first-order valence-electron chi connectivity index (χ1n) is 8.95. The fourth-order valence-electron chi connectivity index (χ4n) is 3.10. The summed E-state index contributed by atoms with van der Waals surface area (Å²) in [7, 11) is 3.35. The van der Waals surface area contributed by atoms with E-state index in [1.54, 1.807) is 14.2 Å². The highest BCUT2D eigenvalue weighted by Crippen LogP contribution is 2.36. The first-order valence-corrected chi connectivity index (χ1v) is 8.95. The molecular formula is C23H25NO3. The van der Waals surface area contributed by atoms with Crippen molar-refractivity contribution in [3.63, 3.8) is 0 Å². The van der Waals surface area contributed by atoms with Gasteiger partial charge in [-0.1, -0.05) is 42.5 Å². The molecule has 4 nitrogen and oxygen atoms in total. The van der Waals surface area contributed by atoms with E-state index in [4.69, 9.17) is 19.9 Å². The molecule has 0 aliphatic carbocycles. The fraction of sp³-hybridized carbons (Fsp3) is 0.217. The van der Waals surface area contributed by atoms with E-state index < -0.39 is 0 Å². The lowest BCUT2D eigenvalue weighted by molar-refractivity contribution is 0.128. The molecule has 0 atom stereocenters. The molecule has 0 amide bonds. The molecule has 0 bridgehead atoms. The Bertz CT molecular complexity index is 858. The van der Waals surface area contributed by atoms with Gasteiger partial charge in [0.1, 0.15) is 11.5 Å². The van der Waals surface area contributed by atoms with E-state index in [0.29, 0.717) is 19.8 Å². The van der Waals surface area contributed by atoms with Gasteiger partial charge in [-0.15, -0.1) is 0 Å². The Morgan fingerprint density at radius 2 is 1.33 bits per heavy atom. The molecule has 3 aromatic carbocycles. The number of nitrogens with two attached hydrogens (primary N) is 1. The monoisotopic (exact) mass is 363 g/mol. The van der Waals surface area contributed by atoms with Crippen LogP contribution in [0.2, 0.25) is 0 Å². The molecule has 0 spiro atoms. The molecular weight excluding hydrogens is 338 g/mol. The van der Waals surface area contributed by atoms with Gasteiger partial charge in [-0.05, 0) is 52.1 Å². The smallest absolute Gasteiger partial charge is 0.118 e. The zero-order valence-electron chi connectivity index (χ0n) is 15.8. The summed E-state index contributed by atoms with van der Waals surface area (Å²) in [5.41, 5.74) is 11.2. The molecule has 0 fully saturated rings. The molecule has 0 aliphatic rings. The molecule has 27 heavy (non-hydrogen) atoms. The molecule has 3 aromatic rings. The average Bonchev–Trinajstić information content (AvgIpc) is 2.74. The third kappa shape index (κ3) is 4.48. The Labute approximate surface area is 160 Å². The van der Waals surface area contributed by atoms with Crippen LogP contribution in [0.1, 0.15) is 5.56 Å². The van der Waals surface area contributed by atoms with Gasteiger partial charge in [-0.25, -0.2) is 0 Å². The molecule has 140 valence electrons. The summed E-state index contributed by atoms with van der Waals surface area (Å²) < 4.78 is 16.3. The minimum absolute atomic E-state index is 0.510. The van der Waals surface area contributed by atoms with Crippen LogP contribution in [0.15, 0.2) is 66.7 Å². The lowest BCUT2D eigenvalue weighted by atomic mass is 9.90. The second-order valence-electron chi connectivity index (χ2n) is 6.14. The second kappa shape index (κ2) is 9.21. The van der Waals surface area contributed by atoms with Gasteiger partial charge in [0.25, 0.3) is 0 Å². The van der Waals surface area contributed by atoms with Crippen LogP contribution in [-0.4, -0.2) is 27.4 Å². The van der Waals surface area contributed by atoms with Crippen LogP contribution in [0, 0.1) is 0 Å². The maximum Gasteiger partial charge on any atom is 0.118 e. The van der Waals surface area contributed by atoms with Crippen LogP contribution in [0.3, 0.4) is 0 Å². The zero-order chi connectivity index (χ0) is 19.1. The van der Waals surface area contributed by atoms with Crippen molar-refractivity contribution >= 4 is 0 Å². The number of rotatable bonds is 8. The van der Waals surface area contributed by atoms with Crippen molar-refractivity contribution in [2.24, 2.45) is 5.73 Å². The molecule has 0 aromatic heterocycles. The summed E-state index contributed by atoms with van der Waals surface area (Å²) in [5.74, 6) is 1.67. The standard InChI is InChI=1S/C23H25NO3/c1-25-20-10-6-17(7-11-20)22-5-3-4-19(16-27-15-14-24)23(22)18-8-12-21(26-2)13-9-18/h3-13H,14-16,24H2,1-2H3. The molecule has 4 heteroatoms. The fourth-order valence-corrected chi connectivity index (χ4v) is 3.10. The zero-order valence-corrected chi connectivity index (χ0v) is 15.8. The van der Waals surface area contributed by atoms with Crippen molar-refractivity contribution in [2.45, 2.75) is 6.61 Å². The molecule has 0 heterocycles. The predicted octanol–water partition coefficient (Wildman–Crippen LogP) is 4.51. The van der Waals surface area contributed by atoms with Crippen molar-refractivity contribution in [1.29, 1.82) is 0 Å². The van der Waals surface area contributed by atoms with E-state index in [-0.39, 0.29) is 0 Å². The predicted molar refractivity (Wildman–Crippen MR) is 109 cm³/mol. The van der Waals surface area contributed by atoms with E-state index in [1.807, 2.05) is 24.3 Å². The van der Waals surface area contributed by atoms with Crippen LogP contribution < -0.4 is 15.2 Å². The molecule has 0 saturated carbocycles. The Morgan fingerprint density at radius 3 is 1.89 bits per heavy atom. The van der Waals surface area contributed by atoms with Crippen LogP contribution in [0.4, 0.5) is 0 Å². The summed E-state index contributed by atoms with van der Waals surface area (Å²) in [6, 6.07) is 22.5. The molecule has 2 N–H and O–H groups in total. The summed E-state index contributed by atoms with van der Waals surface area (Å²) in [4.78, 5) is 0. The normalized spacial score (nSPS) is 10.6. The topological polar surface area (TPSA) is 53.7 Å².